The van der Waals surface area contributed by atoms with Gasteiger partial charge in [0.25, 0.3) is 0 Å². The van der Waals surface area contributed by atoms with Gasteiger partial charge in [0.15, 0.2) is 0 Å². The molecule has 1 saturated heterocycles. The van der Waals surface area contributed by atoms with Crippen molar-refractivity contribution >= 4 is 17.0 Å². The minimum absolute atomic E-state index is 0.693. The molecule has 3 rings (SSSR count). The van der Waals surface area contributed by atoms with Gasteiger partial charge in [-0.25, -0.2) is 4.98 Å². The first kappa shape index (κ1) is 13.2. The molecule has 2 heterocycles. The minimum atomic E-state index is 0.693. The Balaban J connectivity index is 1.64. The molecule has 1 aliphatic heterocycles. The van der Waals surface area contributed by atoms with Gasteiger partial charge in [-0.05, 0) is 12.1 Å². The maximum absolute atomic E-state index is 4.56. The molecular weight excluding hydrogens is 252 g/mol. The summed E-state index contributed by atoms with van der Waals surface area (Å²) in [5, 5.41) is 11.8. The zero-order chi connectivity index (χ0) is 13.8. The molecule has 1 N–H and O–H groups in total. The molecule has 0 saturated carbocycles. The lowest BCUT2D eigenvalue weighted by Gasteiger charge is -2.28. The van der Waals surface area contributed by atoms with Crippen LogP contribution in [0.5, 0.6) is 0 Å². The maximum Gasteiger partial charge on any atom is 0.245 e. The Hall–Kier alpha value is -1.79. The molecule has 2 aromatic rings. The number of likely N-dealkylation sites (N-methyl/N-ethyl adjacent to an activating group) is 1. The molecule has 1 aliphatic rings. The Labute approximate surface area is 118 Å². The number of fused-ring (bicyclic) bond motifs is 1. The zero-order valence-electron chi connectivity index (χ0n) is 11.8. The number of anilines is 1. The molecule has 0 radical (unpaired) electrons. The number of benzene rings is 1. The third kappa shape index (κ3) is 3.02. The lowest BCUT2D eigenvalue weighted by molar-refractivity contribution is 0.246. The van der Waals surface area contributed by atoms with Crippen LogP contribution in [0.4, 0.5) is 5.95 Å². The van der Waals surface area contributed by atoms with E-state index in [0.29, 0.717) is 5.95 Å². The summed E-state index contributed by atoms with van der Waals surface area (Å²) in [6, 6.07) is 7.82. The molecule has 0 amide bonds. The SMILES string of the molecule is CN(CCN1CCNCC1)c1nnc2ccccc2n1. The van der Waals surface area contributed by atoms with E-state index in [1.54, 1.807) is 0 Å². The third-order valence-electron chi connectivity index (χ3n) is 3.65. The number of nitrogens with one attached hydrogen (secondary N) is 1. The molecule has 6 heteroatoms. The van der Waals surface area contributed by atoms with Crippen molar-refractivity contribution in [2.75, 3.05) is 51.2 Å². The van der Waals surface area contributed by atoms with Crippen LogP contribution in [0.15, 0.2) is 24.3 Å². The van der Waals surface area contributed by atoms with Gasteiger partial charge in [-0.2, -0.15) is 0 Å². The first-order valence-electron chi connectivity index (χ1n) is 7.06. The second kappa shape index (κ2) is 6.11. The highest BCUT2D eigenvalue weighted by Gasteiger charge is 2.12. The van der Waals surface area contributed by atoms with Gasteiger partial charge in [0.1, 0.15) is 5.52 Å². The van der Waals surface area contributed by atoms with Crippen molar-refractivity contribution in [3.05, 3.63) is 24.3 Å². The van der Waals surface area contributed by atoms with Crippen LogP contribution in [0, 0.1) is 0 Å². The van der Waals surface area contributed by atoms with E-state index in [2.05, 4.69) is 30.3 Å². The van der Waals surface area contributed by atoms with E-state index in [0.717, 1.165) is 50.3 Å². The summed E-state index contributed by atoms with van der Waals surface area (Å²) < 4.78 is 0. The maximum atomic E-state index is 4.56. The highest BCUT2D eigenvalue weighted by atomic mass is 15.3. The Bertz CT molecular complexity index is 566. The minimum Gasteiger partial charge on any atom is -0.341 e. The summed E-state index contributed by atoms with van der Waals surface area (Å²) in [6.45, 7) is 6.35. The number of para-hydroxylation sites is 1. The van der Waals surface area contributed by atoms with E-state index < -0.39 is 0 Å². The number of piperazine rings is 1. The third-order valence-corrected chi connectivity index (χ3v) is 3.65. The van der Waals surface area contributed by atoms with Crippen molar-refractivity contribution in [2.24, 2.45) is 0 Å². The van der Waals surface area contributed by atoms with Crippen molar-refractivity contribution in [3.63, 3.8) is 0 Å². The Morgan fingerprint density at radius 1 is 1.15 bits per heavy atom. The van der Waals surface area contributed by atoms with E-state index in [4.69, 9.17) is 0 Å². The van der Waals surface area contributed by atoms with E-state index >= 15 is 0 Å². The molecule has 0 spiro atoms. The van der Waals surface area contributed by atoms with Gasteiger partial charge in [0.05, 0.1) is 5.52 Å². The molecule has 0 unspecified atom stereocenters. The van der Waals surface area contributed by atoms with Crippen molar-refractivity contribution in [3.8, 4) is 0 Å². The largest absolute Gasteiger partial charge is 0.341 e. The van der Waals surface area contributed by atoms with Crippen LogP contribution in [-0.2, 0) is 0 Å². The van der Waals surface area contributed by atoms with Gasteiger partial charge in [0, 0.05) is 46.3 Å². The quantitative estimate of drug-likeness (QED) is 0.867. The van der Waals surface area contributed by atoms with Gasteiger partial charge in [-0.1, -0.05) is 12.1 Å². The Kier molecular flexibility index (Phi) is 4.03. The highest BCUT2D eigenvalue weighted by molar-refractivity contribution is 5.74. The topological polar surface area (TPSA) is 57.2 Å². The Morgan fingerprint density at radius 3 is 2.70 bits per heavy atom. The van der Waals surface area contributed by atoms with Crippen LogP contribution in [-0.4, -0.2) is 66.4 Å². The van der Waals surface area contributed by atoms with Crippen LogP contribution >= 0.6 is 0 Å². The normalized spacial score (nSPS) is 16.4. The lowest BCUT2D eigenvalue weighted by Crippen LogP contribution is -2.46. The predicted molar refractivity (Wildman–Crippen MR) is 79.9 cm³/mol. The van der Waals surface area contributed by atoms with Crippen LogP contribution in [0.2, 0.25) is 0 Å². The average Bonchev–Trinajstić information content (AvgIpc) is 2.53. The van der Waals surface area contributed by atoms with E-state index in [1.165, 1.54) is 0 Å². The van der Waals surface area contributed by atoms with Gasteiger partial charge in [-0.3, -0.25) is 4.90 Å². The second-order valence-corrected chi connectivity index (χ2v) is 5.11. The summed E-state index contributed by atoms with van der Waals surface area (Å²) in [4.78, 5) is 9.09. The van der Waals surface area contributed by atoms with Crippen molar-refractivity contribution in [2.45, 2.75) is 0 Å². The van der Waals surface area contributed by atoms with Gasteiger partial charge >= 0.3 is 0 Å². The molecular formula is C14H20N6. The molecule has 0 atom stereocenters. The summed E-state index contributed by atoms with van der Waals surface area (Å²) in [6.07, 6.45) is 0. The van der Waals surface area contributed by atoms with Crippen molar-refractivity contribution in [1.29, 1.82) is 0 Å². The van der Waals surface area contributed by atoms with Crippen LogP contribution < -0.4 is 10.2 Å². The number of rotatable bonds is 4. The fourth-order valence-corrected chi connectivity index (χ4v) is 2.36. The smallest absolute Gasteiger partial charge is 0.245 e. The molecule has 106 valence electrons. The number of hydrogen-bond donors (Lipinski definition) is 1. The van der Waals surface area contributed by atoms with E-state index in [1.807, 2.05) is 31.3 Å². The standard InChI is InChI=1S/C14H20N6/c1-19(10-11-20-8-6-15-7-9-20)14-16-12-4-2-3-5-13(12)17-18-14/h2-5,15H,6-11H2,1H3. The molecule has 1 aromatic carbocycles. The monoisotopic (exact) mass is 272 g/mol. The number of hydrogen-bond acceptors (Lipinski definition) is 6. The van der Waals surface area contributed by atoms with Gasteiger partial charge < -0.3 is 10.2 Å². The predicted octanol–water partition coefficient (Wildman–Crippen LogP) is 0.366. The second-order valence-electron chi connectivity index (χ2n) is 5.11. The van der Waals surface area contributed by atoms with Crippen LogP contribution in [0.3, 0.4) is 0 Å². The summed E-state index contributed by atoms with van der Waals surface area (Å²) in [5.41, 5.74) is 1.73. The van der Waals surface area contributed by atoms with Crippen LogP contribution in [0.25, 0.3) is 11.0 Å². The molecule has 1 fully saturated rings. The summed E-state index contributed by atoms with van der Waals surface area (Å²) in [7, 11) is 2.02. The van der Waals surface area contributed by atoms with E-state index in [-0.39, 0.29) is 0 Å². The molecule has 0 aliphatic carbocycles. The summed E-state index contributed by atoms with van der Waals surface area (Å²) >= 11 is 0. The highest BCUT2D eigenvalue weighted by Crippen LogP contribution is 2.11. The first-order chi connectivity index (χ1) is 9.83. The lowest BCUT2D eigenvalue weighted by atomic mass is 10.3. The van der Waals surface area contributed by atoms with Crippen molar-refractivity contribution < 1.29 is 0 Å². The zero-order valence-corrected chi connectivity index (χ0v) is 11.8. The fourth-order valence-electron chi connectivity index (χ4n) is 2.36. The first-order valence-corrected chi connectivity index (χ1v) is 7.06. The van der Waals surface area contributed by atoms with Gasteiger partial charge in [-0.15, -0.1) is 10.2 Å². The fraction of sp³-hybridized carbons (Fsp3) is 0.500. The summed E-state index contributed by atoms with van der Waals surface area (Å²) in [5.74, 6) is 0.693. The van der Waals surface area contributed by atoms with Gasteiger partial charge in [0.2, 0.25) is 5.95 Å². The molecule has 0 bridgehead atoms. The molecule has 6 nitrogen and oxygen atoms in total. The van der Waals surface area contributed by atoms with Crippen molar-refractivity contribution in [1.82, 2.24) is 25.4 Å². The average molecular weight is 272 g/mol. The Morgan fingerprint density at radius 2 is 1.90 bits per heavy atom. The van der Waals surface area contributed by atoms with Crippen LogP contribution in [0.1, 0.15) is 0 Å². The van der Waals surface area contributed by atoms with E-state index in [9.17, 15) is 0 Å². The molecule has 1 aromatic heterocycles. The molecule has 20 heavy (non-hydrogen) atoms. The number of nitrogens with zero attached hydrogens (tertiary/aromatic N) is 5. The number of aromatic nitrogens is 3.